The first-order valence-electron chi connectivity index (χ1n) is 5.04. The SMILES string of the molecule is CSc1cccc(NS(=O)(=O)c2cc(Cl)sc2Cl)c1. The zero-order valence-electron chi connectivity index (χ0n) is 9.68. The van der Waals surface area contributed by atoms with Gasteiger partial charge in [0.25, 0.3) is 10.0 Å². The van der Waals surface area contributed by atoms with Crippen LogP contribution in [0.4, 0.5) is 5.69 Å². The normalized spacial score (nSPS) is 11.5. The van der Waals surface area contributed by atoms with E-state index in [0.29, 0.717) is 10.0 Å². The Balaban J connectivity index is 2.33. The molecule has 0 bridgehead atoms. The smallest absolute Gasteiger partial charge is 0.264 e. The summed E-state index contributed by atoms with van der Waals surface area (Å²) in [7, 11) is -3.71. The van der Waals surface area contributed by atoms with Crippen LogP contribution in [0.2, 0.25) is 8.67 Å². The van der Waals surface area contributed by atoms with E-state index in [9.17, 15) is 8.42 Å². The van der Waals surface area contributed by atoms with Crippen molar-refractivity contribution >= 4 is 62.0 Å². The topological polar surface area (TPSA) is 46.2 Å². The van der Waals surface area contributed by atoms with Crippen molar-refractivity contribution in [2.75, 3.05) is 11.0 Å². The summed E-state index contributed by atoms with van der Waals surface area (Å²) < 4.78 is 27.3. The summed E-state index contributed by atoms with van der Waals surface area (Å²) in [5, 5.41) is 0. The van der Waals surface area contributed by atoms with Crippen LogP contribution in [-0.4, -0.2) is 14.7 Å². The fourth-order valence-corrected chi connectivity index (χ4v) is 5.06. The highest BCUT2D eigenvalue weighted by Gasteiger charge is 2.21. The Morgan fingerprint density at radius 3 is 2.58 bits per heavy atom. The number of thiophene rings is 1. The zero-order valence-corrected chi connectivity index (χ0v) is 13.6. The van der Waals surface area contributed by atoms with Crippen LogP contribution in [-0.2, 0) is 10.0 Å². The van der Waals surface area contributed by atoms with Gasteiger partial charge >= 0.3 is 0 Å². The molecule has 0 amide bonds. The van der Waals surface area contributed by atoms with Gasteiger partial charge in [-0.05, 0) is 30.5 Å². The highest BCUT2D eigenvalue weighted by molar-refractivity contribution is 7.98. The lowest BCUT2D eigenvalue weighted by molar-refractivity contribution is 0.601. The number of hydrogen-bond donors (Lipinski definition) is 1. The van der Waals surface area contributed by atoms with Gasteiger partial charge in [0.1, 0.15) is 9.23 Å². The number of anilines is 1. The monoisotopic (exact) mass is 353 g/mol. The first-order valence-corrected chi connectivity index (χ1v) is 9.32. The maximum Gasteiger partial charge on any atom is 0.264 e. The maximum atomic E-state index is 12.2. The molecule has 0 atom stereocenters. The molecule has 0 aliphatic heterocycles. The number of thioether (sulfide) groups is 1. The van der Waals surface area contributed by atoms with Crippen LogP contribution in [0.3, 0.4) is 0 Å². The van der Waals surface area contributed by atoms with Gasteiger partial charge in [0.05, 0.1) is 4.34 Å². The van der Waals surface area contributed by atoms with Gasteiger partial charge in [0.15, 0.2) is 0 Å². The zero-order chi connectivity index (χ0) is 14.0. The molecule has 3 nitrogen and oxygen atoms in total. The van der Waals surface area contributed by atoms with Crippen molar-refractivity contribution in [3.05, 3.63) is 39.0 Å². The van der Waals surface area contributed by atoms with Gasteiger partial charge in [-0.3, -0.25) is 4.72 Å². The lowest BCUT2D eigenvalue weighted by Gasteiger charge is -2.08. The van der Waals surface area contributed by atoms with Gasteiger partial charge in [-0.1, -0.05) is 29.3 Å². The van der Waals surface area contributed by atoms with E-state index < -0.39 is 10.0 Å². The maximum absolute atomic E-state index is 12.2. The Morgan fingerprint density at radius 2 is 2.00 bits per heavy atom. The van der Waals surface area contributed by atoms with E-state index in [1.807, 2.05) is 12.3 Å². The summed E-state index contributed by atoms with van der Waals surface area (Å²) in [6.45, 7) is 0. The molecule has 0 fully saturated rings. The third-order valence-electron chi connectivity index (χ3n) is 2.24. The molecule has 2 rings (SSSR count). The highest BCUT2D eigenvalue weighted by Crippen LogP contribution is 2.35. The Bertz CT molecular complexity index is 698. The predicted octanol–water partition coefficient (Wildman–Crippen LogP) is 4.58. The van der Waals surface area contributed by atoms with Gasteiger partial charge in [0, 0.05) is 10.6 Å². The predicted molar refractivity (Wildman–Crippen MR) is 83.4 cm³/mol. The largest absolute Gasteiger partial charge is 0.280 e. The number of sulfonamides is 1. The molecule has 1 heterocycles. The van der Waals surface area contributed by atoms with Crippen molar-refractivity contribution in [3.63, 3.8) is 0 Å². The summed E-state index contributed by atoms with van der Waals surface area (Å²) in [4.78, 5) is 0.966. The Morgan fingerprint density at radius 1 is 1.26 bits per heavy atom. The summed E-state index contributed by atoms with van der Waals surface area (Å²) in [6.07, 6.45) is 1.92. The average molecular weight is 354 g/mol. The van der Waals surface area contributed by atoms with E-state index in [1.165, 1.54) is 17.8 Å². The van der Waals surface area contributed by atoms with Crippen molar-refractivity contribution in [2.24, 2.45) is 0 Å². The van der Waals surface area contributed by atoms with Crippen molar-refractivity contribution in [3.8, 4) is 0 Å². The van der Waals surface area contributed by atoms with Crippen molar-refractivity contribution in [1.82, 2.24) is 0 Å². The van der Waals surface area contributed by atoms with E-state index in [1.54, 1.807) is 18.2 Å². The summed E-state index contributed by atoms with van der Waals surface area (Å²) in [5.41, 5.74) is 0.491. The molecule has 1 aromatic heterocycles. The third kappa shape index (κ3) is 3.58. The van der Waals surface area contributed by atoms with Crippen LogP contribution in [0.15, 0.2) is 40.1 Å². The van der Waals surface area contributed by atoms with Gasteiger partial charge < -0.3 is 0 Å². The molecule has 2 aromatic rings. The van der Waals surface area contributed by atoms with Crippen LogP contribution < -0.4 is 4.72 Å². The van der Waals surface area contributed by atoms with Crippen LogP contribution in [0, 0.1) is 0 Å². The van der Waals surface area contributed by atoms with Crippen LogP contribution in [0.5, 0.6) is 0 Å². The number of halogens is 2. The number of rotatable bonds is 4. The Hall–Kier alpha value is -0.400. The van der Waals surface area contributed by atoms with E-state index in [2.05, 4.69) is 4.72 Å². The lowest BCUT2D eigenvalue weighted by Crippen LogP contribution is -2.12. The average Bonchev–Trinajstić information content (AvgIpc) is 2.69. The minimum atomic E-state index is -3.71. The highest BCUT2D eigenvalue weighted by atomic mass is 35.5. The van der Waals surface area contributed by atoms with E-state index in [0.717, 1.165) is 16.2 Å². The molecule has 0 saturated carbocycles. The second-order valence-corrected chi connectivity index (χ2v) is 8.34. The van der Waals surface area contributed by atoms with Gasteiger partial charge in [-0.25, -0.2) is 8.42 Å². The number of hydrogen-bond acceptors (Lipinski definition) is 4. The van der Waals surface area contributed by atoms with Crippen molar-refractivity contribution < 1.29 is 8.42 Å². The molecule has 8 heteroatoms. The second-order valence-electron chi connectivity index (χ2n) is 3.53. The fraction of sp³-hybridized carbons (Fsp3) is 0.0909. The molecule has 0 spiro atoms. The Labute approximate surface area is 130 Å². The van der Waals surface area contributed by atoms with E-state index >= 15 is 0 Å². The number of nitrogens with one attached hydrogen (secondary N) is 1. The van der Waals surface area contributed by atoms with Crippen molar-refractivity contribution in [2.45, 2.75) is 9.79 Å². The molecular formula is C11H9Cl2NO2S3. The lowest BCUT2D eigenvalue weighted by atomic mass is 10.3. The second kappa shape index (κ2) is 5.93. The Kier molecular flexibility index (Phi) is 4.68. The molecule has 0 aliphatic carbocycles. The summed E-state index contributed by atoms with van der Waals surface area (Å²) >= 11 is 14.2. The third-order valence-corrected chi connectivity index (χ3v) is 6.10. The molecule has 19 heavy (non-hydrogen) atoms. The molecule has 0 unspecified atom stereocenters. The van der Waals surface area contributed by atoms with Crippen LogP contribution in [0.25, 0.3) is 0 Å². The molecule has 0 aliphatic rings. The molecule has 1 N–H and O–H groups in total. The van der Waals surface area contributed by atoms with E-state index in [-0.39, 0.29) is 9.23 Å². The van der Waals surface area contributed by atoms with E-state index in [4.69, 9.17) is 23.2 Å². The van der Waals surface area contributed by atoms with Gasteiger partial charge in [-0.2, -0.15) is 0 Å². The van der Waals surface area contributed by atoms with Crippen LogP contribution >= 0.6 is 46.3 Å². The minimum Gasteiger partial charge on any atom is -0.280 e. The summed E-state index contributed by atoms with van der Waals surface area (Å²) in [6, 6.07) is 8.46. The summed E-state index contributed by atoms with van der Waals surface area (Å²) in [5.74, 6) is 0. The molecule has 0 saturated heterocycles. The van der Waals surface area contributed by atoms with Crippen molar-refractivity contribution in [1.29, 1.82) is 0 Å². The number of benzene rings is 1. The first kappa shape index (κ1) is 15.0. The minimum absolute atomic E-state index is 0.00118. The molecular weight excluding hydrogens is 345 g/mol. The van der Waals surface area contributed by atoms with Gasteiger partial charge in [0.2, 0.25) is 0 Å². The standard InChI is InChI=1S/C11H9Cl2NO2S3/c1-17-8-4-2-3-7(5-8)14-19(15,16)9-6-10(12)18-11(9)13/h2-6,14H,1H3. The molecule has 1 aromatic carbocycles. The fourth-order valence-electron chi connectivity index (χ4n) is 1.41. The molecule has 102 valence electrons. The first-order chi connectivity index (χ1) is 8.92. The van der Waals surface area contributed by atoms with Gasteiger partial charge in [-0.15, -0.1) is 23.1 Å². The van der Waals surface area contributed by atoms with Crippen LogP contribution in [0.1, 0.15) is 0 Å². The molecule has 0 radical (unpaired) electrons. The quantitative estimate of drug-likeness (QED) is 0.818.